The highest BCUT2D eigenvalue weighted by molar-refractivity contribution is 4.99. The molecule has 0 amide bonds. The standard InChI is InChI=1S/C12H24N2O/c1-11(13)12(5-9-15-10-6-12)14-7-3-2-4-8-14/h11H,2-10,13H2,1H3. The molecular weight excluding hydrogens is 188 g/mol. The van der Waals surface area contributed by atoms with Gasteiger partial charge in [-0.3, -0.25) is 4.90 Å². The van der Waals surface area contributed by atoms with Crippen LogP contribution in [0, 0.1) is 0 Å². The molecule has 0 aromatic carbocycles. The predicted octanol–water partition coefficient (Wildman–Crippen LogP) is 1.37. The maximum atomic E-state index is 6.24. The number of hydrogen-bond acceptors (Lipinski definition) is 3. The van der Waals surface area contributed by atoms with Gasteiger partial charge in [0.2, 0.25) is 0 Å². The lowest BCUT2D eigenvalue weighted by Gasteiger charge is -2.50. The van der Waals surface area contributed by atoms with Gasteiger partial charge >= 0.3 is 0 Å². The summed E-state index contributed by atoms with van der Waals surface area (Å²) < 4.78 is 5.48. The summed E-state index contributed by atoms with van der Waals surface area (Å²) in [6, 6.07) is 0.263. The van der Waals surface area contributed by atoms with E-state index < -0.39 is 0 Å². The van der Waals surface area contributed by atoms with E-state index in [-0.39, 0.29) is 11.6 Å². The summed E-state index contributed by atoms with van der Waals surface area (Å²) >= 11 is 0. The van der Waals surface area contributed by atoms with Crippen LogP contribution < -0.4 is 5.73 Å². The highest BCUT2D eigenvalue weighted by Gasteiger charge is 2.41. The number of ether oxygens (including phenoxy) is 1. The zero-order chi connectivity index (χ0) is 10.7. The Kier molecular flexibility index (Phi) is 3.65. The minimum absolute atomic E-state index is 0.235. The van der Waals surface area contributed by atoms with Crippen molar-refractivity contribution in [3.63, 3.8) is 0 Å². The predicted molar refractivity (Wildman–Crippen MR) is 61.9 cm³/mol. The number of rotatable bonds is 2. The molecule has 1 unspecified atom stereocenters. The maximum Gasteiger partial charge on any atom is 0.0484 e. The van der Waals surface area contributed by atoms with Crippen LogP contribution in [0.1, 0.15) is 39.0 Å². The Morgan fingerprint density at radius 1 is 1.13 bits per heavy atom. The third-order valence-corrected chi connectivity index (χ3v) is 4.19. The molecule has 0 aromatic heterocycles. The monoisotopic (exact) mass is 212 g/mol. The molecule has 2 saturated heterocycles. The van der Waals surface area contributed by atoms with Crippen molar-refractivity contribution in [1.82, 2.24) is 4.90 Å². The smallest absolute Gasteiger partial charge is 0.0484 e. The SMILES string of the molecule is CC(N)C1(N2CCCCC2)CCOCC1. The van der Waals surface area contributed by atoms with E-state index in [9.17, 15) is 0 Å². The van der Waals surface area contributed by atoms with Crippen molar-refractivity contribution >= 4 is 0 Å². The van der Waals surface area contributed by atoms with Crippen LogP contribution in [-0.4, -0.2) is 42.8 Å². The van der Waals surface area contributed by atoms with Crippen molar-refractivity contribution in [2.24, 2.45) is 5.73 Å². The fourth-order valence-corrected chi connectivity index (χ4v) is 3.12. The Morgan fingerprint density at radius 3 is 2.27 bits per heavy atom. The third kappa shape index (κ3) is 2.19. The lowest BCUT2D eigenvalue weighted by atomic mass is 9.80. The molecule has 1 atom stereocenters. The molecule has 2 rings (SSSR count). The van der Waals surface area contributed by atoms with E-state index in [1.165, 1.54) is 32.4 Å². The quantitative estimate of drug-likeness (QED) is 0.751. The van der Waals surface area contributed by atoms with E-state index in [4.69, 9.17) is 10.5 Å². The van der Waals surface area contributed by atoms with Crippen molar-refractivity contribution < 1.29 is 4.74 Å². The summed E-state index contributed by atoms with van der Waals surface area (Å²) in [7, 11) is 0. The highest BCUT2D eigenvalue weighted by Crippen LogP contribution is 2.32. The zero-order valence-corrected chi connectivity index (χ0v) is 9.87. The van der Waals surface area contributed by atoms with Gasteiger partial charge in [-0.1, -0.05) is 6.42 Å². The summed E-state index contributed by atoms with van der Waals surface area (Å²) in [6.45, 7) is 6.42. The first-order valence-corrected chi connectivity index (χ1v) is 6.34. The molecule has 2 heterocycles. The molecule has 2 fully saturated rings. The summed E-state index contributed by atoms with van der Waals surface area (Å²) in [4.78, 5) is 2.64. The first-order valence-electron chi connectivity index (χ1n) is 6.34. The van der Waals surface area contributed by atoms with Crippen molar-refractivity contribution in [2.75, 3.05) is 26.3 Å². The molecule has 3 nitrogen and oxygen atoms in total. The fraction of sp³-hybridized carbons (Fsp3) is 1.00. The fourth-order valence-electron chi connectivity index (χ4n) is 3.12. The molecular formula is C12H24N2O. The number of nitrogens with two attached hydrogens (primary N) is 1. The van der Waals surface area contributed by atoms with Crippen molar-refractivity contribution in [3.8, 4) is 0 Å². The van der Waals surface area contributed by atoms with E-state index in [1.807, 2.05) is 0 Å². The second kappa shape index (κ2) is 4.81. The Morgan fingerprint density at radius 2 is 1.73 bits per heavy atom. The van der Waals surface area contributed by atoms with E-state index in [0.717, 1.165) is 26.1 Å². The molecule has 0 aliphatic carbocycles. The Labute approximate surface area is 93.0 Å². The van der Waals surface area contributed by atoms with Crippen LogP contribution in [0.3, 0.4) is 0 Å². The van der Waals surface area contributed by atoms with Gasteiger partial charge in [0.1, 0.15) is 0 Å². The molecule has 0 spiro atoms. The van der Waals surface area contributed by atoms with Crippen molar-refractivity contribution in [3.05, 3.63) is 0 Å². The molecule has 15 heavy (non-hydrogen) atoms. The van der Waals surface area contributed by atoms with Gasteiger partial charge in [0.25, 0.3) is 0 Å². The van der Waals surface area contributed by atoms with Crippen LogP contribution in [0.4, 0.5) is 0 Å². The third-order valence-electron chi connectivity index (χ3n) is 4.19. The van der Waals surface area contributed by atoms with Crippen LogP contribution in [0.25, 0.3) is 0 Å². The second-order valence-electron chi connectivity index (χ2n) is 5.05. The molecule has 3 heteroatoms. The number of piperidine rings is 1. The lowest BCUT2D eigenvalue weighted by Crippen LogP contribution is -2.62. The summed E-state index contributed by atoms with van der Waals surface area (Å²) in [5.41, 5.74) is 6.47. The van der Waals surface area contributed by atoms with Crippen LogP contribution in [0.15, 0.2) is 0 Å². The highest BCUT2D eigenvalue weighted by atomic mass is 16.5. The first kappa shape index (κ1) is 11.4. The van der Waals surface area contributed by atoms with E-state index in [1.54, 1.807) is 0 Å². The molecule has 2 aliphatic heterocycles. The summed E-state index contributed by atoms with van der Waals surface area (Å²) in [6.07, 6.45) is 6.31. The molecule has 0 bridgehead atoms. The van der Waals surface area contributed by atoms with Gasteiger partial charge < -0.3 is 10.5 Å². The normalized spacial score (nSPS) is 30.0. The second-order valence-corrected chi connectivity index (χ2v) is 5.05. The van der Waals surface area contributed by atoms with Crippen molar-refractivity contribution in [1.29, 1.82) is 0 Å². The minimum Gasteiger partial charge on any atom is -0.381 e. The van der Waals surface area contributed by atoms with Gasteiger partial charge in [-0.25, -0.2) is 0 Å². The topological polar surface area (TPSA) is 38.5 Å². The Bertz CT molecular complexity index is 194. The molecule has 0 radical (unpaired) electrons. The van der Waals surface area contributed by atoms with Gasteiger partial charge in [-0.2, -0.15) is 0 Å². The summed E-state index contributed by atoms with van der Waals surface area (Å²) in [5.74, 6) is 0. The van der Waals surface area contributed by atoms with E-state index in [2.05, 4.69) is 11.8 Å². The summed E-state index contributed by atoms with van der Waals surface area (Å²) in [5, 5.41) is 0. The van der Waals surface area contributed by atoms with Gasteiger partial charge in [0.05, 0.1) is 0 Å². The molecule has 88 valence electrons. The van der Waals surface area contributed by atoms with Crippen molar-refractivity contribution in [2.45, 2.75) is 50.6 Å². The Balaban J connectivity index is 2.09. The van der Waals surface area contributed by atoms with Crippen LogP contribution >= 0.6 is 0 Å². The number of likely N-dealkylation sites (tertiary alicyclic amines) is 1. The van der Waals surface area contributed by atoms with Gasteiger partial charge in [0.15, 0.2) is 0 Å². The van der Waals surface area contributed by atoms with Gasteiger partial charge in [0, 0.05) is 24.8 Å². The maximum absolute atomic E-state index is 6.24. The van der Waals surface area contributed by atoms with Crippen LogP contribution in [-0.2, 0) is 4.74 Å². The largest absolute Gasteiger partial charge is 0.381 e. The molecule has 2 aliphatic rings. The molecule has 2 N–H and O–H groups in total. The number of nitrogens with zero attached hydrogens (tertiary/aromatic N) is 1. The first-order chi connectivity index (χ1) is 7.26. The average Bonchev–Trinajstić information content (AvgIpc) is 2.31. The van der Waals surface area contributed by atoms with E-state index in [0.29, 0.717) is 0 Å². The van der Waals surface area contributed by atoms with Crippen LogP contribution in [0.5, 0.6) is 0 Å². The molecule has 0 saturated carbocycles. The van der Waals surface area contributed by atoms with Gasteiger partial charge in [-0.05, 0) is 45.7 Å². The minimum atomic E-state index is 0.235. The zero-order valence-electron chi connectivity index (χ0n) is 9.87. The molecule has 0 aromatic rings. The lowest BCUT2D eigenvalue weighted by molar-refractivity contribution is -0.0471. The Hall–Kier alpha value is -0.120. The van der Waals surface area contributed by atoms with E-state index >= 15 is 0 Å². The number of hydrogen-bond donors (Lipinski definition) is 1. The van der Waals surface area contributed by atoms with Gasteiger partial charge in [-0.15, -0.1) is 0 Å². The average molecular weight is 212 g/mol. The van der Waals surface area contributed by atoms with Crippen LogP contribution in [0.2, 0.25) is 0 Å².